The fourth-order valence-electron chi connectivity index (χ4n) is 4.65. The fraction of sp³-hybridized carbons (Fsp3) is 0.370. The third kappa shape index (κ3) is 4.69. The number of fused-ring (bicyclic) bond motifs is 3. The molecule has 7 heteroatoms. The summed E-state index contributed by atoms with van der Waals surface area (Å²) in [6.45, 7) is 6.31. The Balaban J connectivity index is 1.44. The zero-order chi connectivity index (χ0) is 24.5. The smallest absolute Gasteiger partial charge is 0.407 e. The molecule has 2 aliphatic rings. The van der Waals surface area contributed by atoms with Gasteiger partial charge in [-0.3, -0.25) is 4.79 Å². The number of aliphatic carboxylic acids is 1. The van der Waals surface area contributed by atoms with Crippen molar-refractivity contribution in [1.82, 2.24) is 10.2 Å². The molecule has 34 heavy (non-hydrogen) atoms. The molecule has 1 aliphatic heterocycles. The SMILES string of the molecule is CC(C)(C)[C@@H](NC(=O)OCC1c2ccccc2-c2ccccc21)C(=O)N1CC=C(C(=O)O)CC1. The van der Waals surface area contributed by atoms with E-state index in [-0.39, 0.29) is 31.4 Å². The van der Waals surface area contributed by atoms with Gasteiger partial charge >= 0.3 is 12.1 Å². The number of hydrogen-bond acceptors (Lipinski definition) is 4. The Morgan fingerprint density at radius 2 is 1.65 bits per heavy atom. The topological polar surface area (TPSA) is 95.9 Å². The van der Waals surface area contributed by atoms with E-state index in [4.69, 9.17) is 9.84 Å². The third-order valence-electron chi connectivity index (χ3n) is 6.51. The van der Waals surface area contributed by atoms with Gasteiger partial charge in [0.15, 0.2) is 0 Å². The molecule has 0 fully saturated rings. The molecule has 2 N–H and O–H groups in total. The summed E-state index contributed by atoms with van der Waals surface area (Å²) in [6, 6.07) is 15.4. The number of benzene rings is 2. The van der Waals surface area contributed by atoms with E-state index in [1.165, 1.54) is 0 Å². The molecule has 2 amide bonds. The summed E-state index contributed by atoms with van der Waals surface area (Å²) in [5.41, 5.74) is 4.28. The predicted octanol–water partition coefficient (Wildman–Crippen LogP) is 4.18. The molecular formula is C27H30N2O5. The number of hydrogen-bond donors (Lipinski definition) is 2. The lowest BCUT2D eigenvalue weighted by Crippen LogP contribution is -2.55. The lowest BCUT2D eigenvalue weighted by atomic mass is 9.85. The number of carboxylic acids is 1. The third-order valence-corrected chi connectivity index (χ3v) is 6.51. The van der Waals surface area contributed by atoms with E-state index < -0.39 is 23.5 Å². The Morgan fingerprint density at radius 3 is 2.15 bits per heavy atom. The Morgan fingerprint density at radius 1 is 1.06 bits per heavy atom. The van der Waals surface area contributed by atoms with Crippen LogP contribution in [0.25, 0.3) is 11.1 Å². The minimum atomic E-state index is -0.962. The van der Waals surface area contributed by atoms with Gasteiger partial charge in [-0.2, -0.15) is 0 Å². The van der Waals surface area contributed by atoms with Gasteiger partial charge in [-0.1, -0.05) is 75.4 Å². The Labute approximate surface area is 199 Å². The van der Waals surface area contributed by atoms with Crippen LogP contribution in [0.1, 0.15) is 44.2 Å². The second-order valence-corrected chi connectivity index (χ2v) is 9.84. The highest BCUT2D eigenvalue weighted by molar-refractivity contribution is 5.89. The average molecular weight is 463 g/mol. The van der Waals surface area contributed by atoms with Gasteiger partial charge in [-0.05, 0) is 34.1 Å². The maximum absolute atomic E-state index is 13.2. The van der Waals surface area contributed by atoms with Crippen LogP contribution in [-0.4, -0.2) is 53.7 Å². The molecule has 1 aliphatic carbocycles. The summed E-state index contributed by atoms with van der Waals surface area (Å²) in [7, 11) is 0. The second kappa shape index (κ2) is 9.33. The quantitative estimate of drug-likeness (QED) is 0.695. The van der Waals surface area contributed by atoms with Crippen molar-refractivity contribution in [3.8, 4) is 11.1 Å². The van der Waals surface area contributed by atoms with Crippen molar-refractivity contribution < 1.29 is 24.2 Å². The Hall–Kier alpha value is -3.61. The van der Waals surface area contributed by atoms with Crippen molar-refractivity contribution in [2.45, 2.75) is 39.2 Å². The number of ether oxygens (including phenoxy) is 1. The number of amides is 2. The first-order valence-corrected chi connectivity index (χ1v) is 11.5. The van der Waals surface area contributed by atoms with Crippen LogP contribution in [0, 0.1) is 5.41 Å². The van der Waals surface area contributed by atoms with Crippen LogP contribution in [0.15, 0.2) is 60.2 Å². The van der Waals surface area contributed by atoms with Crippen molar-refractivity contribution in [2.24, 2.45) is 5.41 Å². The van der Waals surface area contributed by atoms with Crippen molar-refractivity contribution >= 4 is 18.0 Å². The first-order valence-electron chi connectivity index (χ1n) is 11.5. The van der Waals surface area contributed by atoms with Crippen LogP contribution in [-0.2, 0) is 14.3 Å². The molecule has 0 spiro atoms. The molecule has 7 nitrogen and oxygen atoms in total. The number of nitrogens with one attached hydrogen (secondary N) is 1. The molecule has 0 unspecified atom stereocenters. The summed E-state index contributed by atoms with van der Waals surface area (Å²) in [5.74, 6) is -1.28. The lowest BCUT2D eigenvalue weighted by molar-refractivity contribution is -0.137. The van der Waals surface area contributed by atoms with E-state index in [9.17, 15) is 14.4 Å². The minimum absolute atomic E-state index is 0.0661. The van der Waals surface area contributed by atoms with Crippen LogP contribution in [0.5, 0.6) is 0 Å². The molecule has 1 atom stereocenters. The zero-order valence-electron chi connectivity index (χ0n) is 19.7. The van der Waals surface area contributed by atoms with Gasteiger partial charge in [0.2, 0.25) is 5.91 Å². The van der Waals surface area contributed by atoms with Crippen molar-refractivity contribution in [2.75, 3.05) is 19.7 Å². The molecule has 2 aromatic rings. The maximum atomic E-state index is 13.2. The number of nitrogens with zero attached hydrogens (tertiary/aromatic N) is 1. The zero-order valence-corrected chi connectivity index (χ0v) is 19.7. The Kier molecular flexibility index (Phi) is 6.46. The van der Waals surface area contributed by atoms with E-state index in [1.54, 1.807) is 11.0 Å². The van der Waals surface area contributed by atoms with Gasteiger partial charge in [-0.15, -0.1) is 0 Å². The van der Waals surface area contributed by atoms with Gasteiger partial charge in [0, 0.05) is 24.6 Å². The molecule has 178 valence electrons. The maximum Gasteiger partial charge on any atom is 0.407 e. The number of rotatable bonds is 5. The van der Waals surface area contributed by atoms with Crippen LogP contribution in [0.3, 0.4) is 0 Å². The fourth-order valence-corrected chi connectivity index (χ4v) is 4.65. The average Bonchev–Trinajstić information content (AvgIpc) is 3.14. The summed E-state index contributed by atoms with van der Waals surface area (Å²) >= 11 is 0. The first kappa shape index (κ1) is 23.5. The summed E-state index contributed by atoms with van der Waals surface area (Å²) in [5, 5.41) is 11.9. The van der Waals surface area contributed by atoms with Crippen LogP contribution < -0.4 is 5.32 Å². The summed E-state index contributed by atoms with van der Waals surface area (Å²) in [4.78, 5) is 38.8. The first-order chi connectivity index (χ1) is 16.2. The Bertz CT molecular complexity index is 1100. The predicted molar refractivity (Wildman–Crippen MR) is 128 cm³/mol. The van der Waals surface area contributed by atoms with E-state index in [2.05, 4.69) is 29.6 Å². The molecule has 4 rings (SSSR count). The van der Waals surface area contributed by atoms with Gasteiger partial charge in [-0.25, -0.2) is 9.59 Å². The number of carboxylic acid groups (broad SMARTS) is 1. The highest BCUT2D eigenvalue weighted by atomic mass is 16.5. The standard InChI is InChI=1S/C27H30N2O5/c1-27(2,3)23(24(30)29-14-12-17(13-15-29)25(31)32)28-26(33)34-16-22-20-10-6-4-8-18(20)19-9-5-7-11-21(19)22/h4-12,22-23H,13-16H2,1-3H3,(H,28,33)(H,31,32)/t23-/m0/s1. The molecular weight excluding hydrogens is 432 g/mol. The van der Waals surface area contributed by atoms with Gasteiger partial charge in [0.05, 0.1) is 0 Å². The van der Waals surface area contributed by atoms with Gasteiger partial charge in [0.1, 0.15) is 12.6 Å². The van der Waals surface area contributed by atoms with Crippen LogP contribution in [0.4, 0.5) is 4.79 Å². The van der Waals surface area contributed by atoms with E-state index in [0.717, 1.165) is 22.3 Å². The molecule has 1 heterocycles. The lowest BCUT2D eigenvalue weighted by Gasteiger charge is -2.35. The second-order valence-electron chi connectivity index (χ2n) is 9.84. The largest absolute Gasteiger partial charge is 0.478 e. The molecule has 0 saturated carbocycles. The monoisotopic (exact) mass is 462 g/mol. The highest BCUT2D eigenvalue weighted by Gasteiger charge is 2.37. The number of alkyl carbamates (subject to hydrolysis) is 1. The summed E-state index contributed by atoms with van der Waals surface area (Å²) < 4.78 is 5.64. The minimum Gasteiger partial charge on any atom is -0.478 e. The molecule has 0 saturated heterocycles. The van der Waals surface area contributed by atoms with E-state index >= 15 is 0 Å². The van der Waals surface area contributed by atoms with Crippen LogP contribution >= 0.6 is 0 Å². The van der Waals surface area contributed by atoms with Gasteiger partial charge < -0.3 is 20.1 Å². The van der Waals surface area contributed by atoms with E-state index in [1.807, 2.05) is 45.0 Å². The number of carbonyl (C=O) groups excluding carboxylic acids is 2. The van der Waals surface area contributed by atoms with Crippen LogP contribution in [0.2, 0.25) is 0 Å². The highest BCUT2D eigenvalue weighted by Crippen LogP contribution is 2.44. The van der Waals surface area contributed by atoms with Crippen molar-refractivity contribution in [1.29, 1.82) is 0 Å². The van der Waals surface area contributed by atoms with E-state index in [0.29, 0.717) is 12.1 Å². The molecule has 0 aromatic heterocycles. The van der Waals surface area contributed by atoms with Gasteiger partial charge in [0.25, 0.3) is 0 Å². The van der Waals surface area contributed by atoms with Crippen molar-refractivity contribution in [3.05, 3.63) is 71.3 Å². The normalized spacial score (nSPS) is 16.2. The number of carbonyl (C=O) groups is 3. The molecule has 0 bridgehead atoms. The molecule has 2 aromatic carbocycles. The van der Waals surface area contributed by atoms with Crippen molar-refractivity contribution in [3.63, 3.8) is 0 Å². The molecule has 0 radical (unpaired) electrons. The summed E-state index contributed by atoms with van der Waals surface area (Å²) in [6.07, 6.45) is 1.19.